The first-order chi connectivity index (χ1) is 7.10. The fraction of sp³-hybridized carbons (Fsp3) is 0.750. The molecule has 0 amide bonds. The summed E-state index contributed by atoms with van der Waals surface area (Å²) in [5, 5.41) is 3.24. The molecule has 0 aromatic heterocycles. The summed E-state index contributed by atoms with van der Waals surface area (Å²) in [6.07, 6.45) is 4.37. The Kier molecular flexibility index (Phi) is 7.05. The van der Waals surface area contributed by atoms with E-state index in [9.17, 15) is 4.79 Å². The topological polar surface area (TPSA) is 38.3 Å². The molecule has 88 valence electrons. The summed E-state index contributed by atoms with van der Waals surface area (Å²) in [7, 11) is 0. The highest BCUT2D eigenvalue weighted by Gasteiger charge is 2.32. The van der Waals surface area contributed by atoms with Gasteiger partial charge in [0.05, 0.1) is 6.61 Å². The van der Waals surface area contributed by atoms with Gasteiger partial charge in [0.15, 0.2) is 0 Å². The van der Waals surface area contributed by atoms with E-state index in [-0.39, 0.29) is 5.97 Å². The maximum absolute atomic E-state index is 11.8. The minimum Gasteiger partial charge on any atom is -0.465 e. The summed E-state index contributed by atoms with van der Waals surface area (Å²) >= 11 is 0. The van der Waals surface area contributed by atoms with Gasteiger partial charge in [-0.1, -0.05) is 13.0 Å². The van der Waals surface area contributed by atoms with E-state index >= 15 is 0 Å². The van der Waals surface area contributed by atoms with Gasteiger partial charge in [-0.3, -0.25) is 4.79 Å². The van der Waals surface area contributed by atoms with Crippen LogP contribution in [-0.2, 0) is 9.53 Å². The SMILES string of the molecule is C=CCCC(C)(NCCC)C(=O)OCC. The van der Waals surface area contributed by atoms with Crippen molar-refractivity contribution in [2.24, 2.45) is 0 Å². The number of nitrogens with one attached hydrogen (secondary N) is 1. The van der Waals surface area contributed by atoms with Gasteiger partial charge in [-0.05, 0) is 39.7 Å². The third-order valence-electron chi connectivity index (χ3n) is 2.34. The van der Waals surface area contributed by atoms with Gasteiger partial charge in [-0.25, -0.2) is 0 Å². The molecule has 0 aliphatic carbocycles. The molecule has 0 aromatic rings. The van der Waals surface area contributed by atoms with Crippen molar-refractivity contribution in [2.75, 3.05) is 13.2 Å². The lowest BCUT2D eigenvalue weighted by atomic mass is 9.95. The highest BCUT2D eigenvalue weighted by Crippen LogP contribution is 2.15. The molecule has 1 atom stereocenters. The average Bonchev–Trinajstić information content (AvgIpc) is 2.24. The van der Waals surface area contributed by atoms with E-state index in [1.807, 2.05) is 19.9 Å². The summed E-state index contributed by atoms with van der Waals surface area (Å²) < 4.78 is 5.07. The van der Waals surface area contributed by atoms with Crippen LogP contribution in [0.15, 0.2) is 12.7 Å². The molecule has 0 saturated carbocycles. The van der Waals surface area contributed by atoms with E-state index in [4.69, 9.17) is 4.74 Å². The smallest absolute Gasteiger partial charge is 0.326 e. The highest BCUT2D eigenvalue weighted by atomic mass is 16.5. The maximum atomic E-state index is 11.8. The van der Waals surface area contributed by atoms with E-state index in [1.165, 1.54) is 0 Å². The number of esters is 1. The van der Waals surface area contributed by atoms with E-state index in [1.54, 1.807) is 0 Å². The zero-order valence-corrected chi connectivity index (χ0v) is 10.1. The van der Waals surface area contributed by atoms with Gasteiger partial charge in [0, 0.05) is 0 Å². The lowest BCUT2D eigenvalue weighted by Gasteiger charge is -2.28. The molecule has 0 aliphatic heterocycles. The molecule has 0 saturated heterocycles. The predicted octanol–water partition coefficient (Wildman–Crippen LogP) is 2.27. The zero-order valence-electron chi connectivity index (χ0n) is 10.1. The van der Waals surface area contributed by atoms with Gasteiger partial charge < -0.3 is 10.1 Å². The Morgan fingerprint density at radius 1 is 1.53 bits per heavy atom. The second-order valence-electron chi connectivity index (χ2n) is 3.81. The van der Waals surface area contributed by atoms with E-state index < -0.39 is 5.54 Å². The van der Waals surface area contributed by atoms with Crippen LogP contribution >= 0.6 is 0 Å². The molecule has 0 bridgehead atoms. The van der Waals surface area contributed by atoms with Crippen molar-refractivity contribution in [3.8, 4) is 0 Å². The van der Waals surface area contributed by atoms with E-state index in [0.29, 0.717) is 6.61 Å². The molecule has 0 aliphatic rings. The van der Waals surface area contributed by atoms with Crippen molar-refractivity contribution >= 4 is 5.97 Å². The fourth-order valence-corrected chi connectivity index (χ4v) is 1.34. The minimum atomic E-state index is -0.569. The van der Waals surface area contributed by atoms with Crippen LogP contribution in [0.25, 0.3) is 0 Å². The predicted molar refractivity (Wildman–Crippen MR) is 62.8 cm³/mol. The molecule has 3 nitrogen and oxygen atoms in total. The third-order valence-corrected chi connectivity index (χ3v) is 2.34. The second-order valence-corrected chi connectivity index (χ2v) is 3.81. The fourth-order valence-electron chi connectivity index (χ4n) is 1.34. The summed E-state index contributed by atoms with van der Waals surface area (Å²) in [6.45, 7) is 10.7. The van der Waals surface area contributed by atoms with Crippen LogP contribution < -0.4 is 5.32 Å². The van der Waals surface area contributed by atoms with Crippen LogP contribution in [0.1, 0.15) is 40.0 Å². The number of rotatable bonds is 8. The lowest BCUT2D eigenvalue weighted by molar-refractivity contribution is -0.150. The maximum Gasteiger partial charge on any atom is 0.326 e. The van der Waals surface area contributed by atoms with Crippen LogP contribution in [0.2, 0.25) is 0 Å². The lowest BCUT2D eigenvalue weighted by Crippen LogP contribution is -2.50. The van der Waals surface area contributed by atoms with Gasteiger partial charge >= 0.3 is 5.97 Å². The van der Waals surface area contributed by atoms with Crippen molar-refractivity contribution < 1.29 is 9.53 Å². The first kappa shape index (κ1) is 14.2. The highest BCUT2D eigenvalue weighted by molar-refractivity contribution is 5.80. The summed E-state index contributed by atoms with van der Waals surface area (Å²) in [4.78, 5) is 11.8. The van der Waals surface area contributed by atoms with Crippen LogP contribution in [0.3, 0.4) is 0 Å². The number of allylic oxidation sites excluding steroid dienone is 1. The Bertz CT molecular complexity index is 204. The first-order valence-corrected chi connectivity index (χ1v) is 5.63. The second kappa shape index (κ2) is 7.46. The molecule has 1 unspecified atom stereocenters. The monoisotopic (exact) mass is 213 g/mol. The van der Waals surface area contributed by atoms with Crippen molar-refractivity contribution in [1.82, 2.24) is 5.32 Å². The normalized spacial score (nSPS) is 14.3. The number of hydrogen-bond acceptors (Lipinski definition) is 3. The van der Waals surface area contributed by atoms with E-state index in [2.05, 4.69) is 18.8 Å². The van der Waals surface area contributed by atoms with Gasteiger partial charge in [0.25, 0.3) is 0 Å². The minimum absolute atomic E-state index is 0.166. The molecular weight excluding hydrogens is 190 g/mol. The molecule has 0 radical (unpaired) electrons. The summed E-state index contributed by atoms with van der Waals surface area (Å²) in [5.41, 5.74) is -0.569. The summed E-state index contributed by atoms with van der Waals surface area (Å²) in [6, 6.07) is 0. The Labute approximate surface area is 92.9 Å². The molecular formula is C12H23NO2. The van der Waals surface area contributed by atoms with Gasteiger partial charge in [0.2, 0.25) is 0 Å². The third kappa shape index (κ3) is 4.98. The number of carbonyl (C=O) groups is 1. The molecule has 1 N–H and O–H groups in total. The Hall–Kier alpha value is -0.830. The molecule has 3 heteroatoms. The Morgan fingerprint density at radius 2 is 2.20 bits per heavy atom. The number of ether oxygens (including phenoxy) is 1. The molecule has 0 fully saturated rings. The van der Waals surface area contributed by atoms with Gasteiger partial charge in [-0.15, -0.1) is 6.58 Å². The van der Waals surface area contributed by atoms with Crippen molar-refractivity contribution in [1.29, 1.82) is 0 Å². The summed E-state index contributed by atoms with van der Waals surface area (Å²) in [5.74, 6) is -0.166. The first-order valence-electron chi connectivity index (χ1n) is 5.63. The van der Waals surface area contributed by atoms with Gasteiger partial charge in [0.1, 0.15) is 5.54 Å². The van der Waals surface area contributed by atoms with E-state index in [0.717, 1.165) is 25.8 Å². The number of hydrogen-bond donors (Lipinski definition) is 1. The van der Waals surface area contributed by atoms with Crippen LogP contribution in [0.5, 0.6) is 0 Å². The molecule has 0 spiro atoms. The quantitative estimate of drug-likeness (QED) is 0.496. The Morgan fingerprint density at radius 3 is 2.67 bits per heavy atom. The largest absolute Gasteiger partial charge is 0.465 e. The van der Waals surface area contributed by atoms with Gasteiger partial charge in [-0.2, -0.15) is 0 Å². The van der Waals surface area contributed by atoms with Crippen molar-refractivity contribution in [2.45, 2.75) is 45.6 Å². The molecule has 15 heavy (non-hydrogen) atoms. The van der Waals surface area contributed by atoms with Crippen molar-refractivity contribution in [3.05, 3.63) is 12.7 Å². The number of carbonyl (C=O) groups excluding carboxylic acids is 1. The van der Waals surface area contributed by atoms with Crippen LogP contribution in [-0.4, -0.2) is 24.7 Å². The zero-order chi connectivity index (χ0) is 11.7. The van der Waals surface area contributed by atoms with Crippen molar-refractivity contribution in [3.63, 3.8) is 0 Å². The molecule has 0 rings (SSSR count). The van der Waals surface area contributed by atoms with Crippen LogP contribution in [0.4, 0.5) is 0 Å². The Balaban J connectivity index is 4.37. The molecule has 0 aromatic carbocycles. The average molecular weight is 213 g/mol. The standard InChI is InChI=1S/C12H23NO2/c1-5-8-9-12(4,13-10-6-2)11(14)15-7-3/h5,13H,1,6-10H2,2-4H3. The van der Waals surface area contributed by atoms with Crippen LogP contribution in [0, 0.1) is 0 Å². The molecule has 0 heterocycles.